The topological polar surface area (TPSA) is 61.4 Å². The zero-order valence-corrected chi connectivity index (χ0v) is 13.2. The van der Waals surface area contributed by atoms with Gasteiger partial charge in [-0.15, -0.1) is 0 Å². The predicted octanol–water partition coefficient (Wildman–Crippen LogP) is 1.35. The Hall–Kier alpha value is -2.02. The van der Waals surface area contributed by atoms with Gasteiger partial charge in [0.15, 0.2) is 0 Å². The molecule has 0 radical (unpaired) electrons. The third kappa shape index (κ3) is 4.48. The minimum atomic E-state index is -0.822. The minimum Gasteiger partial charge on any atom is -0.349 e. The first kappa shape index (κ1) is 17.3. The maximum atomic E-state index is 14.0. The Morgan fingerprint density at radius 2 is 2.17 bits per heavy atom. The van der Waals surface area contributed by atoms with Gasteiger partial charge in [-0.3, -0.25) is 9.59 Å². The van der Waals surface area contributed by atoms with Crippen LogP contribution >= 0.6 is 0 Å². The number of hydrogen-bond acceptors (Lipinski definition) is 3. The lowest BCUT2D eigenvalue weighted by atomic mass is 10.0. The van der Waals surface area contributed by atoms with Crippen LogP contribution in [0.25, 0.3) is 0 Å². The van der Waals surface area contributed by atoms with Crippen molar-refractivity contribution in [3.05, 3.63) is 35.4 Å². The molecule has 2 unspecified atom stereocenters. The lowest BCUT2D eigenvalue weighted by Gasteiger charge is -2.27. The summed E-state index contributed by atoms with van der Waals surface area (Å²) in [5.41, 5.74) is 0.105. The molecular formula is C16H21F2N3O2. The van der Waals surface area contributed by atoms with Gasteiger partial charge in [0.2, 0.25) is 11.8 Å². The number of likely N-dealkylation sites (N-methyl/N-ethyl adjacent to an activating group) is 1. The van der Waals surface area contributed by atoms with E-state index in [2.05, 4.69) is 10.6 Å². The van der Waals surface area contributed by atoms with Crippen molar-refractivity contribution in [3.8, 4) is 0 Å². The molecule has 2 atom stereocenters. The van der Waals surface area contributed by atoms with Crippen molar-refractivity contribution in [1.29, 1.82) is 0 Å². The highest BCUT2D eigenvalue weighted by atomic mass is 19.1. The summed E-state index contributed by atoms with van der Waals surface area (Å²) in [6.45, 7) is 2.87. The summed E-state index contributed by atoms with van der Waals surface area (Å²) in [7, 11) is 1.70. The van der Waals surface area contributed by atoms with E-state index >= 15 is 0 Å². The molecule has 2 N–H and O–H groups in total. The molecule has 1 aromatic carbocycles. The van der Waals surface area contributed by atoms with Crippen molar-refractivity contribution < 1.29 is 18.4 Å². The number of rotatable bonds is 5. The van der Waals surface area contributed by atoms with Crippen molar-refractivity contribution in [3.63, 3.8) is 0 Å². The van der Waals surface area contributed by atoms with Crippen LogP contribution in [0, 0.1) is 11.6 Å². The van der Waals surface area contributed by atoms with Gasteiger partial charge in [-0.1, -0.05) is 6.07 Å². The number of nitrogens with zero attached hydrogens (tertiary/aromatic N) is 1. The lowest BCUT2D eigenvalue weighted by Crippen LogP contribution is -2.40. The van der Waals surface area contributed by atoms with E-state index in [0.717, 1.165) is 31.6 Å². The third-order valence-corrected chi connectivity index (χ3v) is 4.07. The standard InChI is InChI=1S/C16H21F2N3O2/c1-10(22)20-15(13-4-3-11(17)7-14(13)18)8-16(23)21(2)12-5-6-19-9-12/h3-4,7,12,15,19H,5-6,8-9H2,1-2H3,(H,20,22). The fourth-order valence-corrected chi connectivity index (χ4v) is 2.76. The Bertz CT molecular complexity index is 589. The van der Waals surface area contributed by atoms with Crippen LogP contribution < -0.4 is 10.6 Å². The maximum absolute atomic E-state index is 14.0. The first-order valence-electron chi connectivity index (χ1n) is 7.57. The van der Waals surface area contributed by atoms with Crippen LogP contribution in [-0.4, -0.2) is 42.9 Å². The van der Waals surface area contributed by atoms with Gasteiger partial charge < -0.3 is 15.5 Å². The number of halogens is 2. The molecule has 1 aromatic rings. The van der Waals surface area contributed by atoms with Crippen molar-refractivity contribution in [2.45, 2.75) is 31.8 Å². The second-order valence-electron chi connectivity index (χ2n) is 5.77. The molecular weight excluding hydrogens is 304 g/mol. The quantitative estimate of drug-likeness (QED) is 0.859. The fraction of sp³-hybridized carbons (Fsp3) is 0.500. The summed E-state index contributed by atoms with van der Waals surface area (Å²) >= 11 is 0. The molecule has 5 nitrogen and oxygen atoms in total. The van der Waals surface area contributed by atoms with Crippen LogP contribution in [0.3, 0.4) is 0 Å². The molecule has 0 saturated carbocycles. The minimum absolute atomic E-state index is 0.0743. The SMILES string of the molecule is CC(=O)NC(CC(=O)N(C)C1CCNC1)c1ccc(F)cc1F. The van der Waals surface area contributed by atoms with Crippen molar-refractivity contribution >= 4 is 11.8 Å². The van der Waals surface area contributed by atoms with Crippen LogP contribution in [-0.2, 0) is 9.59 Å². The van der Waals surface area contributed by atoms with E-state index in [1.807, 2.05) is 0 Å². The molecule has 1 saturated heterocycles. The summed E-state index contributed by atoms with van der Waals surface area (Å²) < 4.78 is 27.0. The monoisotopic (exact) mass is 325 g/mol. The van der Waals surface area contributed by atoms with Gasteiger partial charge in [0.1, 0.15) is 11.6 Å². The zero-order valence-electron chi connectivity index (χ0n) is 13.2. The summed E-state index contributed by atoms with van der Waals surface area (Å²) in [4.78, 5) is 25.4. The van der Waals surface area contributed by atoms with Gasteiger partial charge in [-0.2, -0.15) is 0 Å². The zero-order chi connectivity index (χ0) is 17.0. The second kappa shape index (κ2) is 7.50. The van der Waals surface area contributed by atoms with Crippen LogP contribution in [0.5, 0.6) is 0 Å². The maximum Gasteiger partial charge on any atom is 0.225 e. The number of nitrogens with one attached hydrogen (secondary N) is 2. The largest absolute Gasteiger partial charge is 0.349 e. The Morgan fingerprint density at radius 1 is 1.43 bits per heavy atom. The molecule has 7 heteroatoms. The summed E-state index contributed by atoms with van der Waals surface area (Å²) in [5.74, 6) is -2.05. The molecule has 1 heterocycles. The van der Waals surface area contributed by atoms with Crippen LogP contribution in [0.1, 0.15) is 31.4 Å². The van der Waals surface area contributed by atoms with Gasteiger partial charge in [0, 0.05) is 38.2 Å². The molecule has 0 aliphatic carbocycles. The first-order chi connectivity index (χ1) is 10.9. The molecule has 2 rings (SSSR count). The van der Waals surface area contributed by atoms with Gasteiger partial charge in [0.25, 0.3) is 0 Å². The first-order valence-corrected chi connectivity index (χ1v) is 7.57. The Labute approximate surface area is 134 Å². The average molecular weight is 325 g/mol. The predicted molar refractivity (Wildman–Crippen MR) is 81.6 cm³/mol. The number of carbonyl (C=O) groups is 2. The van der Waals surface area contributed by atoms with Gasteiger partial charge in [0.05, 0.1) is 12.5 Å². The van der Waals surface area contributed by atoms with E-state index in [-0.39, 0.29) is 29.8 Å². The summed E-state index contributed by atoms with van der Waals surface area (Å²) in [5, 5.41) is 5.74. The molecule has 0 spiro atoms. The van der Waals surface area contributed by atoms with E-state index in [4.69, 9.17) is 0 Å². The molecule has 0 bridgehead atoms. The smallest absolute Gasteiger partial charge is 0.225 e. The molecule has 0 aromatic heterocycles. The highest BCUT2D eigenvalue weighted by Crippen LogP contribution is 2.23. The number of benzene rings is 1. The van der Waals surface area contributed by atoms with Crippen molar-refractivity contribution in [1.82, 2.24) is 15.5 Å². The second-order valence-corrected chi connectivity index (χ2v) is 5.77. The van der Waals surface area contributed by atoms with Crippen molar-refractivity contribution in [2.75, 3.05) is 20.1 Å². The Morgan fingerprint density at radius 3 is 2.74 bits per heavy atom. The molecule has 23 heavy (non-hydrogen) atoms. The van der Waals surface area contributed by atoms with Crippen LogP contribution in [0.4, 0.5) is 8.78 Å². The van der Waals surface area contributed by atoms with Crippen LogP contribution in [0.2, 0.25) is 0 Å². The van der Waals surface area contributed by atoms with E-state index in [1.165, 1.54) is 13.0 Å². The number of amides is 2. The third-order valence-electron chi connectivity index (χ3n) is 4.07. The number of carbonyl (C=O) groups excluding carboxylic acids is 2. The lowest BCUT2D eigenvalue weighted by molar-refractivity contribution is -0.132. The van der Waals surface area contributed by atoms with E-state index in [0.29, 0.717) is 0 Å². The summed E-state index contributed by atoms with van der Waals surface area (Å²) in [6, 6.07) is 2.40. The highest BCUT2D eigenvalue weighted by Gasteiger charge is 2.27. The fourth-order valence-electron chi connectivity index (χ4n) is 2.76. The Balaban J connectivity index is 2.14. The Kier molecular flexibility index (Phi) is 5.65. The normalized spacial score (nSPS) is 18.5. The highest BCUT2D eigenvalue weighted by molar-refractivity contribution is 5.79. The molecule has 126 valence electrons. The van der Waals surface area contributed by atoms with E-state index in [1.54, 1.807) is 11.9 Å². The van der Waals surface area contributed by atoms with Gasteiger partial charge in [-0.25, -0.2) is 8.78 Å². The molecule has 1 aliphatic rings. The average Bonchev–Trinajstić information content (AvgIpc) is 2.99. The molecule has 2 amide bonds. The van der Waals surface area contributed by atoms with Gasteiger partial charge >= 0.3 is 0 Å². The van der Waals surface area contributed by atoms with Crippen molar-refractivity contribution in [2.24, 2.45) is 0 Å². The summed E-state index contributed by atoms with van der Waals surface area (Å²) in [6.07, 6.45) is 0.785. The van der Waals surface area contributed by atoms with E-state index < -0.39 is 17.7 Å². The van der Waals surface area contributed by atoms with Gasteiger partial charge in [-0.05, 0) is 19.0 Å². The molecule has 1 aliphatic heterocycles. The van der Waals surface area contributed by atoms with E-state index in [9.17, 15) is 18.4 Å². The number of hydrogen-bond donors (Lipinski definition) is 2. The van der Waals surface area contributed by atoms with Crippen LogP contribution in [0.15, 0.2) is 18.2 Å². The molecule has 1 fully saturated rings.